The lowest BCUT2D eigenvalue weighted by Crippen LogP contribution is -2.62. The Bertz CT molecular complexity index is 2930. The van der Waals surface area contributed by atoms with E-state index in [1.807, 2.05) is 67.7 Å². The Balaban J connectivity index is 1.41. The molecular weight excluding hydrogens is 1020 g/mol. The highest BCUT2D eigenvalue weighted by molar-refractivity contribution is 6.74. The van der Waals surface area contributed by atoms with Crippen molar-refractivity contribution in [3.8, 4) is 0 Å². The quantitative estimate of drug-likeness (QED) is 0.0451. The number of carbonyl (C=O) groups excluding carboxylic acids is 6. The van der Waals surface area contributed by atoms with E-state index in [1.54, 1.807) is 47.7 Å². The number of alkyl carbamates (subject to hydrolysis) is 1. The topological polar surface area (TPSA) is 272 Å². The van der Waals surface area contributed by atoms with Crippen molar-refractivity contribution >= 4 is 55.0 Å². The molecule has 5 rings (SSSR count). The minimum absolute atomic E-state index is 0.0463. The highest BCUT2D eigenvalue weighted by Gasteiger charge is 2.45. The number of amides is 6. The minimum atomic E-state index is -2.58. The van der Waals surface area contributed by atoms with Gasteiger partial charge < -0.3 is 59.8 Å². The number of ether oxygens (including phenoxy) is 4. The van der Waals surface area contributed by atoms with Crippen LogP contribution in [-0.2, 0) is 62.3 Å². The SMILES string of the molecule is C[C@H](NC(=O)N[C@@H](Cc1c[nH]c2ccccc12)C(=O)OC(C)(C)C)C(=O)N[C@H](C(=O)N/C=C1/C[C@@H](O[Si](C)(C)C(C)(C)C)[C@H](n2ccc(=O)n(COCc3ccccc3)c2=O)O1)[C@H](C)N(C)C(=O)[C@H](C)NC(=O)OC(C)(C)C. The van der Waals surface area contributed by atoms with Gasteiger partial charge in [0.25, 0.3) is 5.56 Å². The van der Waals surface area contributed by atoms with E-state index >= 15 is 0 Å². The summed E-state index contributed by atoms with van der Waals surface area (Å²) >= 11 is 0. The molecule has 0 bridgehead atoms. The number of benzene rings is 2. The molecule has 6 N–H and O–H groups in total. The third kappa shape index (κ3) is 16.9. The van der Waals surface area contributed by atoms with Crippen molar-refractivity contribution in [3.05, 3.63) is 117 Å². The Morgan fingerprint density at radius 2 is 1.46 bits per heavy atom. The number of carbonyl (C=O) groups is 6. The number of H-pyrrole nitrogens is 1. The molecule has 3 heterocycles. The summed E-state index contributed by atoms with van der Waals surface area (Å²) in [5, 5.41) is 13.6. The third-order valence-corrected chi connectivity index (χ3v) is 17.8. The molecule has 4 aromatic rings. The summed E-state index contributed by atoms with van der Waals surface area (Å²) in [5.74, 6) is -2.85. The summed E-state index contributed by atoms with van der Waals surface area (Å²) in [5.41, 5.74) is -0.660. The van der Waals surface area contributed by atoms with E-state index in [2.05, 4.69) is 52.3 Å². The maximum Gasteiger partial charge on any atom is 0.408 e. The molecule has 6 amide bonds. The fraction of sp³-hybridized carbons (Fsp3) is 0.527. The number of para-hydroxylation sites is 1. The first-order chi connectivity index (χ1) is 36.2. The Labute approximate surface area is 456 Å². The van der Waals surface area contributed by atoms with E-state index in [1.165, 1.54) is 55.7 Å². The molecule has 2 aromatic carbocycles. The van der Waals surface area contributed by atoms with Crippen molar-refractivity contribution < 1.29 is 52.1 Å². The third-order valence-electron chi connectivity index (χ3n) is 13.3. The Morgan fingerprint density at radius 3 is 2.10 bits per heavy atom. The lowest BCUT2D eigenvalue weighted by Gasteiger charge is -2.39. The van der Waals surface area contributed by atoms with Gasteiger partial charge >= 0.3 is 23.8 Å². The number of esters is 1. The molecule has 1 aliphatic rings. The zero-order chi connectivity index (χ0) is 58.1. The molecule has 1 aliphatic heterocycles. The van der Waals surface area contributed by atoms with Crippen LogP contribution in [0.1, 0.15) is 107 Å². The predicted molar refractivity (Wildman–Crippen MR) is 295 cm³/mol. The molecule has 2 aromatic heterocycles. The molecule has 1 saturated heterocycles. The molecule has 0 aliphatic carbocycles. The molecule has 426 valence electrons. The van der Waals surface area contributed by atoms with E-state index in [0.29, 0.717) is 0 Å². The number of fused-ring (bicyclic) bond motifs is 1. The van der Waals surface area contributed by atoms with E-state index in [4.69, 9.17) is 23.4 Å². The van der Waals surface area contributed by atoms with Crippen molar-refractivity contribution in [1.82, 2.24) is 45.6 Å². The molecule has 78 heavy (non-hydrogen) atoms. The number of aromatic amines is 1. The van der Waals surface area contributed by atoms with Gasteiger partial charge in [0.1, 0.15) is 54.0 Å². The maximum atomic E-state index is 14.5. The fourth-order valence-electron chi connectivity index (χ4n) is 7.98. The van der Waals surface area contributed by atoms with Gasteiger partial charge in [0.15, 0.2) is 8.32 Å². The second-order valence-corrected chi connectivity index (χ2v) is 27.8. The fourth-order valence-corrected chi connectivity index (χ4v) is 9.29. The monoisotopic (exact) mass is 1100 g/mol. The van der Waals surface area contributed by atoms with Crippen LogP contribution in [0.25, 0.3) is 10.9 Å². The summed E-state index contributed by atoms with van der Waals surface area (Å²) in [6, 6.07) is 10.8. The molecule has 23 heteroatoms. The molecule has 22 nitrogen and oxygen atoms in total. The molecule has 0 spiro atoms. The van der Waals surface area contributed by atoms with Crippen LogP contribution in [0.2, 0.25) is 18.1 Å². The first-order valence-electron chi connectivity index (χ1n) is 25.9. The Kier molecular flexibility index (Phi) is 20.1. The van der Waals surface area contributed by atoms with Gasteiger partial charge in [-0.1, -0.05) is 69.3 Å². The highest BCUT2D eigenvalue weighted by atomic mass is 28.4. The van der Waals surface area contributed by atoms with Crippen LogP contribution in [0.3, 0.4) is 0 Å². The highest BCUT2D eigenvalue weighted by Crippen LogP contribution is 2.42. The Hall–Kier alpha value is -7.24. The molecule has 0 saturated carbocycles. The summed E-state index contributed by atoms with van der Waals surface area (Å²) in [6.45, 7) is 24.5. The van der Waals surface area contributed by atoms with E-state index in [9.17, 15) is 38.4 Å². The van der Waals surface area contributed by atoms with Crippen molar-refractivity contribution in [2.45, 2.75) is 181 Å². The van der Waals surface area contributed by atoms with Crippen LogP contribution in [0, 0.1) is 0 Å². The van der Waals surface area contributed by atoms with Gasteiger partial charge in [0.05, 0.1) is 12.6 Å². The van der Waals surface area contributed by atoms with Crippen LogP contribution in [0.5, 0.6) is 0 Å². The van der Waals surface area contributed by atoms with Crippen molar-refractivity contribution in [2.75, 3.05) is 7.05 Å². The van der Waals surface area contributed by atoms with Crippen LogP contribution in [0.4, 0.5) is 9.59 Å². The number of urea groups is 1. The summed E-state index contributed by atoms with van der Waals surface area (Å²) in [7, 11) is -1.19. The second kappa shape index (κ2) is 25.5. The molecular formula is C55H79N9O13Si. The first-order valence-corrected chi connectivity index (χ1v) is 28.8. The number of hydrogen-bond acceptors (Lipinski definition) is 13. The van der Waals surface area contributed by atoms with Gasteiger partial charge in [-0.25, -0.2) is 23.7 Å². The van der Waals surface area contributed by atoms with E-state index in [-0.39, 0.29) is 37.0 Å². The van der Waals surface area contributed by atoms with Crippen LogP contribution in [-0.4, -0.2) is 118 Å². The number of rotatable bonds is 20. The van der Waals surface area contributed by atoms with Crippen molar-refractivity contribution in [1.29, 1.82) is 0 Å². The largest absolute Gasteiger partial charge is 0.470 e. The smallest absolute Gasteiger partial charge is 0.408 e. The lowest BCUT2D eigenvalue weighted by molar-refractivity contribution is -0.157. The minimum Gasteiger partial charge on any atom is -0.470 e. The summed E-state index contributed by atoms with van der Waals surface area (Å²) in [6.07, 6.45) is 1.70. The molecule has 1 fully saturated rings. The number of likely N-dealkylation sites (N-methyl/N-ethyl adjacent to an activating group) is 1. The lowest BCUT2D eigenvalue weighted by atomic mass is 10.0. The van der Waals surface area contributed by atoms with Crippen LogP contribution in [0.15, 0.2) is 94.6 Å². The zero-order valence-electron chi connectivity index (χ0n) is 47.5. The Morgan fingerprint density at radius 1 is 0.821 bits per heavy atom. The van der Waals surface area contributed by atoms with Crippen LogP contribution >= 0.6 is 0 Å². The van der Waals surface area contributed by atoms with Crippen LogP contribution < -0.4 is 37.8 Å². The van der Waals surface area contributed by atoms with Gasteiger partial charge in [0.2, 0.25) is 23.9 Å². The first kappa shape index (κ1) is 61.6. The summed E-state index contributed by atoms with van der Waals surface area (Å²) in [4.78, 5) is 114. The second-order valence-electron chi connectivity index (χ2n) is 23.0. The molecule has 0 unspecified atom stereocenters. The standard InChI is InChI=1S/C55H79N9O13Si/c1-33(58-50(70)60-41(49(69)75-53(4,5)6)27-37-29-56-40-24-20-19-23-39(37)40)45(66)61-44(35(3)62(13)47(68)34(2)59-51(71)76-54(7,8)9)46(67)57-30-38-28-42(77-78(14,15)55(10,11)12)48(74-38)63-26-25-43(65)64(52(63)72)32-73-31-36-21-17-16-18-22-36/h16-26,29-30,33-35,41-42,44,48,56H,27-28,31-32H2,1-15H3,(H,57,67)(H,59,71)(H,61,66)(H2,58,60,70)/b38-30-/t33-,34-,35-,41-,42+,44-,48+/m0/s1. The number of hydrogen-bond donors (Lipinski definition) is 6. The van der Waals surface area contributed by atoms with Gasteiger partial charge in [-0.3, -0.25) is 23.7 Å². The maximum absolute atomic E-state index is 14.5. The number of nitrogens with one attached hydrogen (secondary N) is 6. The van der Waals surface area contributed by atoms with E-state index < -0.39 is 109 Å². The summed E-state index contributed by atoms with van der Waals surface area (Å²) < 4.78 is 32.2. The predicted octanol–water partition coefficient (Wildman–Crippen LogP) is 5.82. The van der Waals surface area contributed by atoms with Gasteiger partial charge in [0, 0.05) is 55.5 Å². The average Bonchev–Trinajstić information content (AvgIpc) is 3.95. The van der Waals surface area contributed by atoms with Gasteiger partial charge in [-0.15, -0.1) is 0 Å². The normalized spacial score (nSPS) is 17.4. The zero-order valence-corrected chi connectivity index (χ0v) is 48.5. The number of nitrogens with zero attached hydrogens (tertiary/aromatic N) is 3. The molecule has 7 atom stereocenters. The molecule has 0 radical (unpaired) electrons. The van der Waals surface area contributed by atoms with Crippen molar-refractivity contribution in [2.24, 2.45) is 0 Å². The van der Waals surface area contributed by atoms with Gasteiger partial charge in [-0.2, -0.15) is 0 Å². The number of aromatic nitrogens is 3. The average molecular weight is 1100 g/mol. The van der Waals surface area contributed by atoms with Crippen molar-refractivity contribution in [3.63, 3.8) is 0 Å². The van der Waals surface area contributed by atoms with E-state index in [0.717, 1.165) is 26.6 Å². The van der Waals surface area contributed by atoms with Gasteiger partial charge in [-0.05, 0) is 97.6 Å².